The molecule has 90 valence electrons. The Balaban J connectivity index is 2.08. The van der Waals surface area contributed by atoms with Crippen molar-refractivity contribution in [2.45, 2.75) is 12.8 Å². The van der Waals surface area contributed by atoms with Crippen LogP contribution in [0.3, 0.4) is 0 Å². The van der Waals surface area contributed by atoms with Crippen LogP contribution in [0, 0.1) is 0 Å². The van der Waals surface area contributed by atoms with Crippen molar-refractivity contribution in [1.82, 2.24) is 4.98 Å². The van der Waals surface area contributed by atoms with Gasteiger partial charge >= 0.3 is 0 Å². The first-order valence-corrected chi connectivity index (χ1v) is 6.17. The van der Waals surface area contributed by atoms with Gasteiger partial charge in [-0.1, -0.05) is 18.2 Å². The SMILES string of the molecule is COc1ccc2c(c1)CCC=C2c1ccccn1. The maximum absolute atomic E-state index is 5.29. The highest BCUT2D eigenvalue weighted by atomic mass is 16.5. The average molecular weight is 237 g/mol. The molecule has 0 bridgehead atoms. The van der Waals surface area contributed by atoms with Crippen LogP contribution < -0.4 is 4.74 Å². The van der Waals surface area contributed by atoms with Gasteiger partial charge < -0.3 is 4.74 Å². The van der Waals surface area contributed by atoms with Gasteiger partial charge in [-0.15, -0.1) is 0 Å². The predicted molar refractivity (Wildman–Crippen MR) is 72.6 cm³/mol. The maximum Gasteiger partial charge on any atom is 0.119 e. The number of pyridine rings is 1. The van der Waals surface area contributed by atoms with Gasteiger partial charge in [-0.05, 0) is 48.2 Å². The molecule has 1 aliphatic rings. The largest absolute Gasteiger partial charge is 0.497 e. The van der Waals surface area contributed by atoms with Gasteiger partial charge in [0.2, 0.25) is 0 Å². The Labute approximate surface area is 107 Å². The van der Waals surface area contributed by atoms with E-state index in [0.29, 0.717) is 0 Å². The molecule has 1 aromatic heterocycles. The third-order valence-electron chi connectivity index (χ3n) is 3.31. The number of rotatable bonds is 2. The van der Waals surface area contributed by atoms with Crippen LogP contribution in [0.25, 0.3) is 5.57 Å². The van der Waals surface area contributed by atoms with Gasteiger partial charge in [0.25, 0.3) is 0 Å². The molecule has 0 saturated heterocycles. The number of benzene rings is 1. The number of ether oxygens (including phenoxy) is 1. The zero-order valence-corrected chi connectivity index (χ0v) is 10.4. The van der Waals surface area contributed by atoms with E-state index < -0.39 is 0 Å². The van der Waals surface area contributed by atoms with Gasteiger partial charge in [0, 0.05) is 11.8 Å². The molecule has 18 heavy (non-hydrogen) atoms. The molecule has 0 aliphatic heterocycles. The van der Waals surface area contributed by atoms with E-state index in [0.717, 1.165) is 24.3 Å². The lowest BCUT2D eigenvalue weighted by molar-refractivity contribution is 0.414. The lowest BCUT2D eigenvalue weighted by Gasteiger charge is -2.18. The lowest BCUT2D eigenvalue weighted by atomic mass is 9.89. The van der Waals surface area contributed by atoms with Crippen LogP contribution in [-0.2, 0) is 6.42 Å². The molecule has 1 heterocycles. The van der Waals surface area contributed by atoms with Crippen LogP contribution in [-0.4, -0.2) is 12.1 Å². The number of nitrogens with zero attached hydrogens (tertiary/aromatic N) is 1. The Bertz CT molecular complexity index is 587. The smallest absolute Gasteiger partial charge is 0.119 e. The Morgan fingerprint density at radius 1 is 1.17 bits per heavy atom. The van der Waals surface area contributed by atoms with Gasteiger partial charge in [-0.2, -0.15) is 0 Å². The first kappa shape index (κ1) is 11.0. The Morgan fingerprint density at radius 3 is 2.89 bits per heavy atom. The predicted octanol–water partition coefficient (Wildman–Crippen LogP) is 3.47. The third-order valence-corrected chi connectivity index (χ3v) is 3.31. The molecule has 0 saturated carbocycles. The second kappa shape index (κ2) is 4.65. The number of fused-ring (bicyclic) bond motifs is 1. The van der Waals surface area contributed by atoms with Crippen LogP contribution in [0.1, 0.15) is 23.2 Å². The van der Waals surface area contributed by atoms with Gasteiger partial charge in [0.1, 0.15) is 5.75 Å². The topological polar surface area (TPSA) is 22.1 Å². The molecule has 0 N–H and O–H groups in total. The van der Waals surface area contributed by atoms with Crippen molar-refractivity contribution in [2.24, 2.45) is 0 Å². The fourth-order valence-corrected chi connectivity index (χ4v) is 2.41. The Morgan fingerprint density at radius 2 is 2.11 bits per heavy atom. The molecule has 0 amide bonds. The van der Waals surface area contributed by atoms with E-state index >= 15 is 0 Å². The highest BCUT2D eigenvalue weighted by molar-refractivity contribution is 5.81. The van der Waals surface area contributed by atoms with Crippen LogP contribution in [0.2, 0.25) is 0 Å². The molecular weight excluding hydrogens is 222 g/mol. The summed E-state index contributed by atoms with van der Waals surface area (Å²) in [5.41, 5.74) is 4.90. The lowest BCUT2D eigenvalue weighted by Crippen LogP contribution is -2.02. The van der Waals surface area contributed by atoms with Crippen molar-refractivity contribution in [3.8, 4) is 5.75 Å². The Kier molecular flexibility index (Phi) is 2.85. The van der Waals surface area contributed by atoms with Gasteiger partial charge in [0.15, 0.2) is 0 Å². The first-order valence-electron chi connectivity index (χ1n) is 6.17. The molecule has 1 aliphatic carbocycles. The molecule has 2 heteroatoms. The molecule has 0 radical (unpaired) electrons. The summed E-state index contributed by atoms with van der Waals surface area (Å²) >= 11 is 0. The summed E-state index contributed by atoms with van der Waals surface area (Å²) in [6.45, 7) is 0. The van der Waals surface area contributed by atoms with E-state index in [9.17, 15) is 0 Å². The fourth-order valence-electron chi connectivity index (χ4n) is 2.41. The third kappa shape index (κ3) is 1.90. The summed E-state index contributed by atoms with van der Waals surface area (Å²) in [6, 6.07) is 12.3. The molecule has 0 atom stereocenters. The highest BCUT2D eigenvalue weighted by Gasteiger charge is 2.15. The summed E-state index contributed by atoms with van der Waals surface area (Å²) in [6.07, 6.45) is 6.25. The van der Waals surface area contributed by atoms with Crippen LogP contribution >= 0.6 is 0 Å². The number of aromatic nitrogens is 1. The van der Waals surface area contributed by atoms with Crippen molar-refractivity contribution in [2.75, 3.05) is 7.11 Å². The van der Waals surface area contributed by atoms with E-state index in [1.165, 1.54) is 16.7 Å². The summed E-state index contributed by atoms with van der Waals surface area (Å²) < 4.78 is 5.29. The zero-order chi connectivity index (χ0) is 12.4. The molecule has 0 spiro atoms. The van der Waals surface area contributed by atoms with E-state index in [1.807, 2.05) is 24.4 Å². The van der Waals surface area contributed by atoms with E-state index in [4.69, 9.17) is 4.74 Å². The quantitative estimate of drug-likeness (QED) is 0.798. The van der Waals surface area contributed by atoms with Crippen molar-refractivity contribution < 1.29 is 4.74 Å². The van der Waals surface area contributed by atoms with Gasteiger partial charge in [-0.25, -0.2) is 0 Å². The van der Waals surface area contributed by atoms with E-state index in [-0.39, 0.29) is 0 Å². The summed E-state index contributed by atoms with van der Waals surface area (Å²) in [5, 5.41) is 0. The van der Waals surface area contributed by atoms with E-state index in [1.54, 1.807) is 7.11 Å². The van der Waals surface area contributed by atoms with Crippen molar-refractivity contribution in [1.29, 1.82) is 0 Å². The highest BCUT2D eigenvalue weighted by Crippen LogP contribution is 2.32. The van der Waals surface area contributed by atoms with Crippen LogP contribution in [0.15, 0.2) is 48.7 Å². The standard InChI is InChI=1S/C16H15NO/c1-18-13-8-9-14-12(11-13)5-4-6-15(14)16-7-2-3-10-17-16/h2-3,6-11H,4-5H2,1H3. The average Bonchev–Trinajstić information content (AvgIpc) is 2.47. The minimum Gasteiger partial charge on any atom is -0.497 e. The second-order valence-electron chi connectivity index (χ2n) is 4.39. The fraction of sp³-hybridized carbons (Fsp3) is 0.188. The normalized spacial score (nSPS) is 13.7. The molecule has 2 nitrogen and oxygen atoms in total. The maximum atomic E-state index is 5.29. The monoisotopic (exact) mass is 237 g/mol. The molecule has 3 rings (SSSR count). The summed E-state index contributed by atoms with van der Waals surface area (Å²) in [4.78, 5) is 4.44. The van der Waals surface area contributed by atoms with Crippen molar-refractivity contribution in [3.05, 3.63) is 65.5 Å². The summed E-state index contributed by atoms with van der Waals surface area (Å²) in [5.74, 6) is 0.927. The number of hydrogen-bond acceptors (Lipinski definition) is 2. The van der Waals surface area contributed by atoms with Crippen LogP contribution in [0.5, 0.6) is 5.75 Å². The molecule has 2 aromatic rings. The van der Waals surface area contributed by atoms with Crippen LogP contribution in [0.4, 0.5) is 0 Å². The molecular formula is C16H15NO. The Hall–Kier alpha value is -2.09. The minimum atomic E-state index is 0.927. The number of allylic oxidation sites excluding steroid dienone is 1. The van der Waals surface area contributed by atoms with Gasteiger partial charge in [-0.3, -0.25) is 4.98 Å². The number of hydrogen-bond donors (Lipinski definition) is 0. The molecule has 0 fully saturated rings. The minimum absolute atomic E-state index is 0.927. The van der Waals surface area contributed by atoms with Gasteiger partial charge in [0.05, 0.1) is 12.8 Å². The zero-order valence-electron chi connectivity index (χ0n) is 10.4. The molecule has 0 unspecified atom stereocenters. The van der Waals surface area contributed by atoms with Crippen molar-refractivity contribution >= 4 is 5.57 Å². The molecule has 1 aromatic carbocycles. The number of aryl methyl sites for hydroxylation is 1. The number of methoxy groups -OCH3 is 1. The van der Waals surface area contributed by atoms with Crippen molar-refractivity contribution in [3.63, 3.8) is 0 Å². The first-order chi connectivity index (χ1) is 8.88. The second-order valence-corrected chi connectivity index (χ2v) is 4.39. The van der Waals surface area contributed by atoms with E-state index in [2.05, 4.69) is 29.3 Å². The summed E-state index contributed by atoms with van der Waals surface area (Å²) in [7, 11) is 1.71.